The summed E-state index contributed by atoms with van der Waals surface area (Å²) < 4.78 is 43.8. The minimum Gasteiger partial charge on any atom is -0.458 e. The first-order chi connectivity index (χ1) is 24.9. The van der Waals surface area contributed by atoms with E-state index in [1.165, 1.54) is 21.0 Å². The van der Waals surface area contributed by atoms with Crippen molar-refractivity contribution in [2.75, 3.05) is 40.8 Å². The summed E-state index contributed by atoms with van der Waals surface area (Å²) >= 11 is 0. The molecular weight excluding hydrogens is 707 g/mol. The van der Waals surface area contributed by atoms with Gasteiger partial charge < -0.3 is 33.5 Å². The van der Waals surface area contributed by atoms with Crippen molar-refractivity contribution in [3.63, 3.8) is 0 Å². The molecule has 0 radical (unpaired) electrons. The van der Waals surface area contributed by atoms with Crippen LogP contribution >= 0.6 is 8.46 Å². The molecule has 12 atom stereocenters. The molecule has 3 fully saturated rings. The summed E-state index contributed by atoms with van der Waals surface area (Å²) in [6, 6.07) is -1.46. The maximum Gasteiger partial charge on any atom is 0.410 e. The summed E-state index contributed by atoms with van der Waals surface area (Å²) in [7, 11) is 5.17. The lowest BCUT2D eigenvalue weighted by molar-refractivity contribution is -0.252. The summed E-state index contributed by atoms with van der Waals surface area (Å²) in [6.45, 7) is 14.8. The fourth-order valence-electron chi connectivity index (χ4n) is 8.34. The quantitative estimate of drug-likeness (QED) is 0.0500. The number of carbonyl (C=O) groups is 4. The van der Waals surface area contributed by atoms with Gasteiger partial charge in [-0.2, -0.15) is 0 Å². The second kappa shape index (κ2) is 19.1. The second-order valence-electron chi connectivity index (χ2n) is 15.6. The Morgan fingerprint density at radius 2 is 1.83 bits per heavy atom. The lowest BCUT2D eigenvalue weighted by Crippen LogP contribution is -2.62. The standard InChI is InChI=1S/C36H61N6O10P/c1-12-28-36(8)31(41(34(46)52-36)16-14-13-15-38-39-37)24(5)42(25(6)43)20-21(2)19-35(7,48-11)29(18-27(44)23(4)32(45)50-28)51-33-30(53-47)26(40(9)10)17-22(3)49-33/h21-24,26,28-31,33H,12-20H2,1-11H3/t21-,22?,23-,24-,26?,28-,29-,30?,31-,33+,35-,36-/m1/s1. The first kappa shape index (κ1) is 44.5. The van der Waals surface area contributed by atoms with Crippen molar-refractivity contribution in [3.05, 3.63) is 10.4 Å². The van der Waals surface area contributed by atoms with Crippen LogP contribution in [0.15, 0.2) is 5.11 Å². The van der Waals surface area contributed by atoms with Crippen LogP contribution in [0.4, 0.5) is 4.79 Å². The van der Waals surface area contributed by atoms with Gasteiger partial charge in [0.1, 0.15) is 23.5 Å². The molecule has 3 saturated heterocycles. The first-order valence-electron chi connectivity index (χ1n) is 18.7. The maximum atomic E-state index is 14.1. The molecule has 300 valence electrons. The van der Waals surface area contributed by atoms with E-state index in [1.807, 2.05) is 46.7 Å². The van der Waals surface area contributed by atoms with E-state index in [1.54, 1.807) is 23.6 Å². The summed E-state index contributed by atoms with van der Waals surface area (Å²) in [5.74, 6) is -2.89. The minimum absolute atomic E-state index is 0.125. The number of Topliss-reactive ketones (excluding diaryl/α,β-unsaturated/α-hetero) is 1. The summed E-state index contributed by atoms with van der Waals surface area (Å²) in [5.41, 5.74) is 5.63. The number of unbranched alkanes of at least 4 members (excludes halogenated alkanes) is 1. The van der Waals surface area contributed by atoms with Crippen LogP contribution in [-0.4, -0.2) is 139 Å². The van der Waals surface area contributed by atoms with E-state index in [9.17, 15) is 23.7 Å². The van der Waals surface area contributed by atoms with Gasteiger partial charge in [0.05, 0.1) is 29.9 Å². The van der Waals surface area contributed by atoms with Crippen molar-refractivity contribution in [2.45, 2.75) is 154 Å². The fourth-order valence-corrected chi connectivity index (χ4v) is 9.11. The van der Waals surface area contributed by atoms with Crippen molar-refractivity contribution >= 4 is 32.2 Å². The van der Waals surface area contributed by atoms with Crippen molar-refractivity contribution < 1.29 is 47.4 Å². The van der Waals surface area contributed by atoms with Crippen molar-refractivity contribution in [1.82, 2.24) is 14.7 Å². The summed E-state index contributed by atoms with van der Waals surface area (Å²) in [4.78, 5) is 63.1. The Morgan fingerprint density at radius 1 is 1.15 bits per heavy atom. The van der Waals surface area contributed by atoms with E-state index in [4.69, 9.17) is 29.2 Å². The molecule has 0 N–H and O–H groups in total. The zero-order valence-corrected chi connectivity index (χ0v) is 34.2. The van der Waals surface area contributed by atoms with Crippen LogP contribution in [0.3, 0.4) is 0 Å². The molecular formula is C36H61N6O10P. The zero-order chi connectivity index (χ0) is 39.8. The molecule has 3 unspecified atom stereocenters. The molecule has 3 rings (SSSR count). The van der Waals surface area contributed by atoms with Gasteiger partial charge in [-0.15, -0.1) is 0 Å². The Labute approximate surface area is 315 Å². The SMILES string of the molecule is CC[C@H]1OC(=O)[C@H](C)C(=O)C[C@@H](O[C@@H]2OC(C)CC(N(C)C)C2P=O)[C@](C)(OC)C[C@@H](C)CN(C(C)=O)[C@H](C)[C@H]2N(CCCCN=[N+]=[N-])C(=O)O[C@]12C. The number of nitrogens with zero attached hydrogens (tertiary/aromatic N) is 6. The van der Waals surface area contributed by atoms with Crippen LogP contribution < -0.4 is 0 Å². The molecule has 53 heavy (non-hydrogen) atoms. The van der Waals surface area contributed by atoms with Crippen LogP contribution in [0.2, 0.25) is 0 Å². The highest BCUT2D eigenvalue weighted by molar-refractivity contribution is 7.25. The van der Waals surface area contributed by atoms with E-state index in [0.717, 1.165) is 0 Å². The molecule has 0 saturated carbocycles. The Kier molecular flexibility index (Phi) is 16.1. The number of amides is 2. The van der Waals surface area contributed by atoms with E-state index in [0.29, 0.717) is 25.7 Å². The van der Waals surface area contributed by atoms with Crippen LogP contribution in [0, 0.1) is 11.8 Å². The predicted molar refractivity (Wildman–Crippen MR) is 196 cm³/mol. The van der Waals surface area contributed by atoms with Crippen LogP contribution in [-0.2, 0) is 42.6 Å². The molecule has 0 aromatic rings. The molecule has 16 nitrogen and oxygen atoms in total. The minimum atomic E-state index is -1.39. The maximum absolute atomic E-state index is 14.1. The fraction of sp³-hybridized carbons (Fsp3) is 0.889. The lowest BCUT2D eigenvalue weighted by Gasteiger charge is -2.46. The number of carbonyl (C=O) groups excluding carboxylic acids is 4. The third-order valence-electron chi connectivity index (χ3n) is 11.4. The number of cyclic esters (lactones) is 1. The van der Waals surface area contributed by atoms with Crippen molar-refractivity contribution in [2.24, 2.45) is 17.0 Å². The van der Waals surface area contributed by atoms with Crippen LogP contribution in [0.25, 0.3) is 10.4 Å². The average molecular weight is 769 g/mol. The van der Waals surface area contributed by atoms with Gasteiger partial charge in [0.2, 0.25) is 5.91 Å². The normalized spacial score (nSPS) is 37.7. The van der Waals surface area contributed by atoms with E-state index in [2.05, 4.69) is 10.0 Å². The molecule has 0 aromatic heterocycles. The highest BCUT2D eigenvalue weighted by atomic mass is 31.1. The number of fused-ring (bicyclic) bond motifs is 1. The van der Waals surface area contributed by atoms with E-state index >= 15 is 0 Å². The van der Waals surface area contributed by atoms with Crippen molar-refractivity contribution in [3.8, 4) is 0 Å². The van der Waals surface area contributed by atoms with Gasteiger partial charge in [0.25, 0.3) is 0 Å². The monoisotopic (exact) mass is 768 g/mol. The molecule has 3 heterocycles. The number of hydrogen-bond donors (Lipinski definition) is 0. The summed E-state index contributed by atoms with van der Waals surface area (Å²) in [6.07, 6.45) is -1.65. The van der Waals surface area contributed by atoms with Gasteiger partial charge in [0.15, 0.2) is 20.4 Å². The van der Waals surface area contributed by atoms with Gasteiger partial charge in [-0.05, 0) is 92.3 Å². The molecule has 2 amide bonds. The number of rotatable bonds is 11. The highest BCUT2D eigenvalue weighted by Crippen LogP contribution is 2.41. The molecule has 17 heteroatoms. The number of methoxy groups -OCH3 is 1. The van der Waals surface area contributed by atoms with Gasteiger partial charge >= 0.3 is 12.1 Å². The molecule has 3 aliphatic rings. The average Bonchev–Trinajstić information content (AvgIpc) is 3.36. The molecule has 0 aliphatic carbocycles. The first-order valence-corrected chi connectivity index (χ1v) is 19.6. The largest absolute Gasteiger partial charge is 0.458 e. The highest BCUT2D eigenvalue weighted by Gasteiger charge is 2.59. The number of ether oxygens (including phenoxy) is 5. The molecule has 0 aromatic carbocycles. The molecule has 0 spiro atoms. The number of esters is 1. The van der Waals surface area contributed by atoms with Gasteiger partial charge in [0, 0.05) is 51.0 Å². The van der Waals surface area contributed by atoms with Crippen molar-refractivity contribution in [1.29, 1.82) is 0 Å². The Balaban J connectivity index is 2.11. The Hall–Kier alpha value is -2.87. The zero-order valence-electron chi connectivity index (χ0n) is 33.4. The number of ketones is 1. The topological polar surface area (TPSA) is 190 Å². The lowest BCUT2D eigenvalue weighted by atomic mass is 9.82. The van der Waals surface area contributed by atoms with Gasteiger partial charge in [-0.1, -0.05) is 19.0 Å². The third kappa shape index (κ3) is 10.3. The molecule has 3 aliphatic heterocycles. The number of azide groups is 1. The third-order valence-corrected chi connectivity index (χ3v) is 12.2. The number of hydrogen-bond acceptors (Lipinski definition) is 12. The second-order valence-corrected chi connectivity index (χ2v) is 16.4. The van der Waals surface area contributed by atoms with E-state index in [-0.39, 0.29) is 64.9 Å². The predicted octanol–water partition coefficient (Wildman–Crippen LogP) is 5.37. The smallest absolute Gasteiger partial charge is 0.410 e. The van der Waals surface area contributed by atoms with E-state index < -0.39 is 71.2 Å². The molecule has 0 bridgehead atoms. The van der Waals surface area contributed by atoms with Crippen LogP contribution in [0.1, 0.15) is 93.9 Å². The Morgan fingerprint density at radius 3 is 2.40 bits per heavy atom. The summed E-state index contributed by atoms with van der Waals surface area (Å²) in [5, 5.41) is 3.59. The Bertz CT molecular complexity index is 1370. The van der Waals surface area contributed by atoms with Gasteiger partial charge in [-0.3, -0.25) is 23.8 Å². The van der Waals surface area contributed by atoms with Crippen LogP contribution in [0.5, 0.6) is 0 Å². The van der Waals surface area contributed by atoms with Gasteiger partial charge in [-0.25, -0.2) is 4.79 Å².